The summed E-state index contributed by atoms with van der Waals surface area (Å²) in [5, 5.41) is 12.4. The van der Waals surface area contributed by atoms with E-state index in [1.807, 2.05) is 0 Å². The molecule has 2 aromatic rings. The van der Waals surface area contributed by atoms with Crippen LogP contribution in [-0.2, 0) is 16.6 Å². The van der Waals surface area contributed by atoms with Crippen LogP contribution in [0.3, 0.4) is 0 Å². The summed E-state index contributed by atoms with van der Waals surface area (Å²) < 4.78 is 31.0. The number of aromatic nitrogens is 2. The molecule has 0 radical (unpaired) electrons. The summed E-state index contributed by atoms with van der Waals surface area (Å²) >= 11 is 0. The van der Waals surface area contributed by atoms with E-state index in [9.17, 15) is 13.2 Å². The molecule has 0 aliphatic rings. The number of aromatic carboxylic acids is 1. The van der Waals surface area contributed by atoms with Crippen LogP contribution in [-0.4, -0.2) is 29.6 Å². The topological polar surface area (TPSA) is 122 Å². The summed E-state index contributed by atoms with van der Waals surface area (Å²) in [5.41, 5.74) is -0.110. The number of aryl methyl sites for hydroxylation is 1. The van der Waals surface area contributed by atoms with Crippen molar-refractivity contribution in [3.05, 3.63) is 41.5 Å². The molecule has 1 heterocycles. The Bertz CT molecular complexity index is 738. The van der Waals surface area contributed by atoms with Crippen LogP contribution in [0.5, 0.6) is 0 Å². The van der Waals surface area contributed by atoms with E-state index in [4.69, 9.17) is 9.63 Å². The molecule has 1 aromatic heterocycles. The third-order valence-corrected chi connectivity index (χ3v) is 3.77. The molecule has 0 atom stereocenters. The molecular formula is C11H11N3O5S. The van der Waals surface area contributed by atoms with E-state index in [0.29, 0.717) is 5.82 Å². The molecule has 20 heavy (non-hydrogen) atoms. The zero-order valence-corrected chi connectivity index (χ0v) is 11.2. The average molecular weight is 297 g/mol. The molecule has 0 bridgehead atoms. The van der Waals surface area contributed by atoms with Crippen molar-refractivity contribution in [3.8, 4) is 0 Å². The molecule has 1 aromatic carbocycles. The monoisotopic (exact) mass is 297 g/mol. The lowest BCUT2D eigenvalue weighted by Crippen LogP contribution is -2.23. The maximum Gasteiger partial charge on any atom is 0.335 e. The van der Waals surface area contributed by atoms with Crippen LogP contribution in [0.1, 0.15) is 22.1 Å². The van der Waals surface area contributed by atoms with Crippen molar-refractivity contribution in [3.63, 3.8) is 0 Å². The second kappa shape index (κ2) is 5.39. The van der Waals surface area contributed by atoms with E-state index in [1.54, 1.807) is 6.92 Å². The zero-order valence-electron chi connectivity index (χ0n) is 10.4. The number of nitrogens with zero attached hydrogens (tertiary/aromatic N) is 2. The Morgan fingerprint density at radius 3 is 2.80 bits per heavy atom. The molecule has 9 heteroatoms. The van der Waals surface area contributed by atoms with Crippen molar-refractivity contribution in [2.24, 2.45) is 0 Å². The normalized spacial score (nSPS) is 11.4. The van der Waals surface area contributed by atoms with Gasteiger partial charge in [-0.1, -0.05) is 11.2 Å². The Balaban J connectivity index is 2.17. The molecule has 0 amide bonds. The number of nitrogens with one attached hydrogen (secondary N) is 1. The Morgan fingerprint density at radius 1 is 1.45 bits per heavy atom. The maximum atomic E-state index is 12.0. The summed E-state index contributed by atoms with van der Waals surface area (Å²) in [6, 6.07) is 5.04. The summed E-state index contributed by atoms with van der Waals surface area (Å²) in [4.78, 5) is 14.5. The number of rotatable bonds is 5. The first kappa shape index (κ1) is 14.2. The van der Waals surface area contributed by atoms with E-state index < -0.39 is 16.0 Å². The van der Waals surface area contributed by atoms with Gasteiger partial charge in [-0.15, -0.1) is 0 Å². The van der Waals surface area contributed by atoms with Gasteiger partial charge >= 0.3 is 5.97 Å². The Labute approximate surface area is 114 Å². The molecule has 2 N–H and O–H groups in total. The minimum absolute atomic E-state index is 0.110. The smallest absolute Gasteiger partial charge is 0.335 e. The number of carboxylic acid groups (broad SMARTS) is 1. The van der Waals surface area contributed by atoms with E-state index >= 15 is 0 Å². The van der Waals surface area contributed by atoms with Crippen molar-refractivity contribution in [1.82, 2.24) is 14.9 Å². The molecular weight excluding hydrogens is 286 g/mol. The largest absolute Gasteiger partial charge is 0.478 e. The van der Waals surface area contributed by atoms with Gasteiger partial charge in [-0.3, -0.25) is 0 Å². The van der Waals surface area contributed by atoms with E-state index in [1.165, 1.54) is 18.2 Å². The molecule has 0 saturated carbocycles. The fourth-order valence-electron chi connectivity index (χ4n) is 1.45. The quantitative estimate of drug-likeness (QED) is 0.826. The summed E-state index contributed by atoms with van der Waals surface area (Å²) in [5.74, 6) is -0.679. The lowest BCUT2D eigenvalue weighted by atomic mass is 10.2. The minimum atomic E-state index is -3.85. The van der Waals surface area contributed by atoms with Crippen molar-refractivity contribution in [2.45, 2.75) is 18.4 Å². The molecule has 2 rings (SSSR count). The van der Waals surface area contributed by atoms with Crippen LogP contribution in [0.2, 0.25) is 0 Å². The molecule has 0 unspecified atom stereocenters. The molecule has 0 saturated heterocycles. The summed E-state index contributed by atoms with van der Waals surface area (Å²) in [6.07, 6.45) is 0. The first-order valence-corrected chi connectivity index (χ1v) is 6.99. The van der Waals surface area contributed by atoms with Gasteiger partial charge in [-0.05, 0) is 25.1 Å². The lowest BCUT2D eigenvalue weighted by molar-refractivity contribution is 0.0696. The number of benzene rings is 1. The van der Waals surface area contributed by atoms with Gasteiger partial charge in [0.1, 0.15) is 0 Å². The van der Waals surface area contributed by atoms with E-state index in [0.717, 1.165) is 6.07 Å². The minimum Gasteiger partial charge on any atom is -0.478 e. The second-order valence-electron chi connectivity index (χ2n) is 3.89. The highest BCUT2D eigenvalue weighted by Gasteiger charge is 2.17. The molecule has 0 aliphatic heterocycles. The number of hydrogen-bond donors (Lipinski definition) is 2. The molecule has 0 fully saturated rings. The molecule has 106 valence electrons. The van der Waals surface area contributed by atoms with E-state index in [2.05, 4.69) is 14.9 Å². The molecule has 8 nitrogen and oxygen atoms in total. The van der Waals surface area contributed by atoms with Crippen LogP contribution in [0, 0.1) is 6.92 Å². The van der Waals surface area contributed by atoms with Gasteiger partial charge in [0.15, 0.2) is 5.82 Å². The van der Waals surface area contributed by atoms with Gasteiger partial charge in [-0.2, -0.15) is 4.98 Å². The fraction of sp³-hybridized carbons (Fsp3) is 0.182. The first-order chi connectivity index (χ1) is 9.38. The zero-order chi connectivity index (χ0) is 14.8. The van der Waals surface area contributed by atoms with Gasteiger partial charge in [0.05, 0.1) is 17.0 Å². The van der Waals surface area contributed by atoms with Gasteiger partial charge < -0.3 is 9.63 Å². The third kappa shape index (κ3) is 3.19. The average Bonchev–Trinajstić information content (AvgIpc) is 2.82. The lowest BCUT2D eigenvalue weighted by Gasteiger charge is -2.05. The fourth-order valence-corrected chi connectivity index (χ4v) is 2.47. The Morgan fingerprint density at radius 2 is 2.20 bits per heavy atom. The number of carboxylic acids is 1. The maximum absolute atomic E-state index is 12.0. The van der Waals surface area contributed by atoms with Gasteiger partial charge in [0.2, 0.25) is 15.9 Å². The van der Waals surface area contributed by atoms with Gasteiger partial charge in [0.25, 0.3) is 0 Å². The van der Waals surface area contributed by atoms with Crippen LogP contribution in [0.4, 0.5) is 0 Å². The third-order valence-electron chi connectivity index (χ3n) is 2.37. The summed E-state index contributed by atoms with van der Waals surface area (Å²) in [6.45, 7) is 1.44. The molecule has 0 aliphatic carbocycles. The van der Waals surface area contributed by atoms with Gasteiger partial charge in [-0.25, -0.2) is 17.9 Å². The second-order valence-corrected chi connectivity index (χ2v) is 5.66. The highest BCUT2D eigenvalue weighted by Crippen LogP contribution is 2.12. The van der Waals surface area contributed by atoms with Crippen LogP contribution < -0.4 is 4.72 Å². The summed E-state index contributed by atoms with van der Waals surface area (Å²) in [7, 11) is -3.85. The van der Waals surface area contributed by atoms with Crippen LogP contribution in [0.25, 0.3) is 0 Å². The number of sulfonamides is 1. The highest BCUT2D eigenvalue weighted by molar-refractivity contribution is 7.89. The van der Waals surface area contributed by atoms with Crippen molar-refractivity contribution in [1.29, 1.82) is 0 Å². The van der Waals surface area contributed by atoms with Crippen molar-refractivity contribution < 1.29 is 22.8 Å². The van der Waals surface area contributed by atoms with Crippen molar-refractivity contribution >= 4 is 16.0 Å². The van der Waals surface area contributed by atoms with Gasteiger partial charge in [0, 0.05) is 0 Å². The van der Waals surface area contributed by atoms with Crippen LogP contribution in [0.15, 0.2) is 33.7 Å². The molecule has 0 spiro atoms. The predicted octanol–water partition coefficient (Wildman–Crippen LogP) is 0.555. The Kier molecular flexibility index (Phi) is 3.81. The SMILES string of the molecule is Cc1noc(CNS(=O)(=O)c2cccc(C(=O)O)c2)n1. The van der Waals surface area contributed by atoms with Crippen molar-refractivity contribution in [2.75, 3.05) is 0 Å². The first-order valence-electron chi connectivity index (χ1n) is 5.51. The standard InChI is InChI=1S/C11H11N3O5S/c1-7-13-10(19-14-7)6-12-20(17,18)9-4-2-3-8(5-9)11(15)16/h2-5,12H,6H2,1H3,(H,15,16). The Hall–Kier alpha value is -2.26. The van der Waals surface area contributed by atoms with Crippen LogP contribution >= 0.6 is 0 Å². The highest BCUT2D eigenvalue weighted by atomic mass is 32.2. The predicted molar refractivity (Wildman–Crippen MR) is 66.5 cm³/mol. The van der Waals surface area contributed by atoms with E-state index in [-0.39, 0.29) is 22.9 Å². The number of carbonyl (C=O) groups is 1. The number of hydrogen-bond acceptors (Lipinski definition) is 6.